The van der Waals surface area contributed by atoms with Crippen LogP contribution in [0, 0.1) is 0 Å². The third-order valence-electron chi connectivity index (χ3n) is 4.98. The molecule has 1 aromatic rings. The van der Waals surface area contributed by atoms with Crippen molar-refractivity contribution < 1.29 is 4.74 Å². The van der Waals surface area contributed by atoms with Crippen LogP contribution in [0.2, 0.25) is 0 Å². The highest BCUT2D eigenvalue weighted by Gasteiger charge is 2.42. The first-order chi connectivity index (χ1) is 9.62. The molecule has 2 fully saturated rings. The zero-order valence-corrected chi connectivity index (χ0v) is 12.6. The second-order valence-electron chi connectivity index (χ2n) is 6.57. The maximum atomic E-state index is 6.65. The molecule has 2 N–H and O–H groups in total. The molecule has 0 aliphatic heterocycles. The first-order valence-electron chi connectivity index (χ1n) is 7.81. The van der Waals surface area contributed by atoms with Crippen LogP contribution >= 0.6 is 0 Å². The third kappa shape index (κ3) is 2.57. The Morgan fingerprint density at radius 1 is 1.25 bits per heavy atom. The van der Waals surface area contributed by atoms with Crippen molar-refractivity contribution in [3.8, 4) is 5.75 Å². The van der Waals surface area contributed by atoms with Gasteiger partial charge in [-0.2, -0.15) is 0 Å². The fraction of sp³-hybridized carbons (Fsp3) is 0.647. The van der Waals surface area contributed by atoms with Gasteiger partial charge in [0.05, 0.1) is 6.10 Å². The number of nitrogens with zero attached hydrogens (tertiary/aromatic N) is 1. The van der Waals surface area contributed by atoms with Gasteiger partial charge in [-0.1, -0.05) is 25.0 Å². The molecule has 3 rings (SSSR count). The molecular formula is C17H26N2O. The molecule has 1 atom stereocenters. The van der Waals surface area contributed by atoms with Gasteiger partial charge in [-0.25, -0.2) is 0 Å². The van der Waals surface area contributed by atoms with Gasteiger partial charge in [0.2, 0.25) is 0 Å². The largest absolute Gasteiger partial charge is 0.490 e. The summed E-state index contributed by atoms with van der Waals surface area (Å²) in [5.41, 5.74) is 7.97. The smallest absolute Gasteiger partial charge is 0.120 e. The number of benzene rings is 1. The highest BCUT2D eigenvalue weighted by Crippen LogP contribution is 2.42. The minimum atomic E-state index is 0.0581. The summed E-state index contributed by atoms with van der Waals surface area (Å²) in [5, 5.41) is 0. The van der Waals surface area contributed by atoms with Gasteiger partial charge in [0.1, 0.15) is 5.75 Å². The lowest BCUT2D eigenvalue weighted by atomic mass is 9.83. The Labute approximate surface area is 122 Å². The van der Waals surface area contributed by atoms with Crippen LogP contribution in [0.3, 0.4) is 0 Å². The summed E-state index contributed by atoms with van der Waals surface area (Å²) in [7, 11) is 4.32. The molecule has 3 heteroatoms. The summed E-state index contributed by atoms with van der Waals surface area (Å²) in [6.45, 7) is 0. The van der Waals surface area contributed by atoms with Gasteiger partial charge < -0.3 is 15.4 Å². The molecule has 20 heavy (non-hydrogen) atoms. The summed E-state index contributed by atoms with van der Waals surface area (Å²) in [6.07, 6.45) is 7.77. The van der Waals surface area contributed by atoms with E-state index in [0.29, 0.717) is 6.10 Å². The van der Waals surface area contributed by atoms with E-state index in [1.54, 1.807) is 0 Å². The standard InChI is InChI=1S/C17H26N2O/c1-19(2)17(10-3-4-11-17)16(18)13-6-5-7-15(12-13)20-14-8-9-14/h5-7,12,14,16H,3-4,8-11,18H2,1-2H3. The molecule has 0 amide bonds. The van der Waals surface area contributed by atoms with Gasteiger partial charge >= 0.3 is 0 Å². The molecule has 0 bridgehead atoms. The number of rotatable bonds is 5. The first-order valence-corrected chi connectivity index (χ1v) is 7.81. The fourth-order valence-corrected chi connectivity index (χ4v) is 3.49. The molecule has 1 aromatic carbocycles. The predicted octanol–water partition coefficient (Wildman–Crippen LogP) is 3.10. The van der Waals surface area contributed by atoms with Gasteiger partial charge in [-0.3, -0.25) is 0 Å². The van der Waals surface area contributed by atoms with Crippen LogP contribution in [0.5, 0.6) is 5.75 Å². The van der Waals surface area contributed by atoms with Crippen LogP contribution in [0.25, 0.3) is 0 Å². The average Bonchev–Trinajstić information content (AvgIpc) is 3.10. The lowest BCUT2D eigenvalue weighted by Crippen LogP contribution is -2.50. The van der Waals surface area contributed by atoms with Crippen molar-refractivity contribution in [2.45, 2.75) is 56.2 Å². The third-order valence-corrected chi connectivity index (χ3v) is 4.98. The Hall–Kier alpha value is -1.06. The number of likely N-dealkylation sites (N-methyl/N-ethyl adjacent to an activating group) is 1. The van der Waals surface area contributed by atoms with E-state index >= 15 is 0 Å². The van der Waals surface area contributed by atoms with Gasteiger partial charge in [0.25, 0.3) is 0 Å². The molecule has 0 aromatic heterocycles. The van der Waals surface area contributed by atoms with Crippen molar-refractivity contribution in [2.75, 3.05) is 14.1 Å². The van der Waals surface area contributed by atoms with Crippen molar-refractivity contribution in [1.82, 2.24) is 4.90 Å². The van der Waals surface area contributed by atoms with Crippen molar-refractivity contribution in [3.05, 3.63) is 29.8 Å². The van der Waals surface area contributed by atoms with E-state index in [-0.39, 0.29) is 11.6 Å². The molecule has 0 spiro atoms. The van der Waals surface area contributed by atoms with Gasteiger partial charge in [0.15, 0.2) is 0 Å². The molecule has 2 aliphatic rings. The van der Waals surface area contributed by atoms with E-state index in [1.807, 2.05) is 6.07 Å². The van der Waals surface area contributed by atoms with Crippen LogP contribution < -0.4 is 10.5 Å². The van der Waals surface area contributed by atoms with E-state index in [0.717, 1.165) is 5.75 Å². The Bertz CT molecular complexity index is 462. The maximum absolute atomic E-state index is 6.65. The zero-order chi connectivity index (χ0) is 14.2. The lowest BCUT2D eigenvalue weighted by molar-refractivity contribution is 0.123. The summed E-state index contributed by atoms with van der Waals surface area (Å²) < 4.78 is 5.90. The Balaban J connectivity index is 1.82. The summed E-state index contributed by atoms with van der Waals surface area (Å²) >= 11 is 0. The van der Waals surface area contributed by atoms with Crippen LogP contribution in [-0.2, 0) is 0 Å². The Morgan fingerprint density at radius 3 is 2.55 bits per heavy atom. The van der Waals surface area contributed by atoms with Crippen LogP contribution in [0.1, 0.15) is 50.1 Å². The van der Waals surface area contributed by atoms with Gasteiger partial charge in [-0.05, 0) is 57.5 Å². The molecule has 1 unspecified atom stereocenters. The molecule has 0 saturated heterocycles. The summed E-state index contributed by atoms with van der Waals surface area (Å²) in [4.78, 5) is 2.33. The Morgan fingerprint density at radius 2 is 1.95 bits per heavy atom. The summed E-state index contributed by atoms with van der Waals surface area (Å²) in [6, 6.07) is 8.47. The molecule has 0 heterocycles. The SMILES string of the molecule is CN(C)C1(C(N)c2cccc(OC3CC3)c2)CCCC1. The molecule has 3 nitrogen and oxygen atoms in total. The Kier molecular flexibility index (Phi) is 3.74. The van der Waals surface area contributed by atoms with Crippen molar-refractivity contribution in [1.29, 1.82) is 0 Å². The van der Waals surface area contributed by atoms with Crippen LogP contribution in [0.4, 0.5) is 0 Å². The van der Waals surface area contributed by atoms with Crippen molar-refractivity contribution in [3.63, 3.8) is 0 Å². The normalized spacial score (nSPS) is 23.0. The quantitative estimate of drug-likeness (QED) is 0.896. The second kappa shape index (κ2) is 5.38. The monoisotopic (exact) mass is 274 g/mol. The van der Waals surface area contributed by atoms with Crippen molar-refractivity contribution in [2.24, 2.45) is 5.73 Å². The highest BCUT2D eigenvalue weighted by atomic mass is 16.5. The maximum Gasteiger partial charge on any atom is 0.120 e. The number of nitrogens with two attached hydrogens (primary N) is 1. The minimum Gasteiger partial charge on any atom is -0.490 e. The molecule has 110 valence electrons. The second-order valence-corrected chi connectivity index (χ2v) is 6.57. The van der Waals surface area contributed by atoms with Crippen molar-refractivity contribution >= 4 is 0 Å². The highest BCUT2D eigenvalue weighted by molar-refractivity contribution is 5.33. The molecular weight excluding hydrogens is 248 g/mol. The molecule has 0 radical (unpaired) electrons. The molecule has 2 aliphatic carbocycles. The van der Waals surface area contributed by atoms with Gasteiger partial charge in [-0.15, -0.1) is 0 Å². The van der Waals surface area contributed by atoms with E-state index in [9.17, 15) is 0 Å². The van der Waals surface area contributed by atoms with E-state index in [4.69, 9.17) is 10.5 Å². The molecule has 2 saturated carbocycles. The fourth-order valence-electron chi connectivity index (χ4n) is 3.49. The minimum absolute atomic E-state index is 0.0581. The van der Waals surface area contributed by atoms with Crippen LogP contribution in [0.15, 0.2) is 24.3 Å². The zero-order valence-electron chi connectivity index (χ0n) is 12.6. The predicted molar refractivity (Wildman–Crippen MR) is 81.9 cm³/mol. The number of ether oxygens (including phenoxy) is 1. The number of hydrogen-bond acceptors (Lipinski definition) is 3. The van der Waals surface area contributed by atoms with Gasteiger partial charge in [0, 0.05) is 11.6 Å². The van der Waals surface area contributed by atoms with E-state index < -0.39 is 0 Å². The van der Waals surface area contributed by atoms with E-state index in [1.165, 1.54) is 44.1 Å². The van der Waals surface area contributed by atoms with E-state index in [2.05, 4.69) is 37.2 Å². The van der Waals surface area contributed by atoms with Crippen LogP contribution in [-0.4, -0.2) is 30.6 Å². The average molecular weight is 274 g/mol. The summed E-state index contributed by atoms with van der Waals surface area (Å²) in [5.74, 6) is 0.979. The topological polar surface area (TPSA) is 38.5 Å². The lowest BCUT2D eigenvalue weighted by Gasteiger charge is -2.41. The number of hydrogen-bond donors (Lipinski definition) is 1. The first kappa shape index (κ1) is 13.9.